The van der Waals surface area contributed by atoms with Gasteiger partial charge in [0, 0.05) is 43.9 Å². The predicted octanol–water partition coefficient (Wildman–Crippen LogP) is 5.38. The van der Waals surface area contributed by atoms with Crippen LogP contribution in [0.25, 0.3) is 0 Å². The number of nitrogens with zero attached hydrogens (tertiary/aromatic N) is 1. The number of benzene rings is 3. The van der Waals surface area contributed by atoms with Gasteiger partial charge in [-0.05, 0) is 101 Å². The van der Waals surface area contributed by atoms with Gasteiger partial charge in [0.05, 0.1) is 52.3 Å². The van der Waals surface area contributed by atoms with E-state index in [2.05, 4.69) is 31.9 Å². The molecule has 2 aliphatic heterocycles. The highest BCUT2D eigenvalue weighted by atomic mass is 16.6. The standard InChI is InChI=1S/C63H93N7O13/c1-45(2)39-52(56(72)63(8)44-82-63)67-60(76)54(41-48-19-13-10-14-20-48)69-59(75)53(40-46(3)4)68-58(74)51(26-23-47-17-11-9-12-18-47)66-55(71)43-70(29-33-80-34-30-70)42-49-21-24-50(25-22-49)57(73)64-27-15-31-78-35-37-81-38-36-79-32-16-28-65-61(77)83-62(5,6)7/h9-14,17-22,24-25,45-46,51-54H,15-16,23,26-44H2,1-8H3,(H5-,64,65,66,67,68,69,71,73,74,75,76,77)/p+1/t51?,52-,53-,54-,63+/m0/s1. The van der Waals surface area contributed by atoms with Gasteiger partial charge in [-0.3, -0.25) is 28.8 Å². The fourth-order valence-electron chi connectivity index (χ4n) is 9.62. The van der Waals surface area contributed by atoms with Crippen molar-refractivity contribution in [3.63, 3.8) is 0 Å². The van der Waals surface area contributed by atoms with Crippen LogP contribution in [-0.4, -0.2) is 173 Å². The van der Waals surface area contributed by atoms with Gasteiger partial charge >= 0.3 is 6.09 Å². The van der Waals surface area contributed by atoms with Crippen molar-refractivity contribution >= 4 is 41.4 Å². The third-order valence-electron chi connectivity index (χ3n) is 14.2. The predicted molar refractivity (Wildman–Crippen MR) is 315 cm³/mol. The summed E-state index contributed by atoms with van der Waals surface area (Å²) < 4.78 is 33.6. The molecule has 3 aromatic carbocycles. The van der Waals surface area contributed by atoms with Crippen molar-refractivity contribution in [3.8, 4) is 0 Å². The highest BCUT2D eigenvalue weighted by Gasteiger charge is 2.50. The lowest BCUT2D eigenvalue weighted by Crippen LogP contribution is -2.61. The summed E-state index contributed by atoms with van der Waals surface area (Å²) in [6, 6.07) is 22.3. The van der Waals surface area contributed by atoms with E-state index in [4.69, 9.17) is 28.4 Å². The van der Waals surface area contributed by atoms with Crippen LogP contribution in [0.3, 0.4) is 0 Å². The van der Waals surface area contributed by atoms with Gasteiger partial charge in [-0.15, -0.1) is 0 Å². The monoisotopic (exact) mass is 1160 g/mol. The van der Waals surface area contributed by atoms with Crippen molar-refractivity contribution in [1.29, 1.82) is 0 Å². The molecular weight excluding hydrogens is 1060 g/mol. The van der Waals surface area contributed by atoms with Gasteiger partial charge < -0.3 is 64.8 Å². The summed E-state index contributed by atoms with van der Waals surface area (Å²) in [7, 11) is 0. The smallest absolute Gasteiger partial charge is 0.407 e. The minimum atomic E-state index is -1.09. The number of amides is 6. The Balaban J connectivity index is 1.14. The van der Waals surface area contributed by atoms with E-state index in [0.29, 0.717) is 121 Å². The lowest BCUT2D eigenvalue weighted by molar-refractivity contribution is -0.940. The maximum absolute atomic E-state index is 14.6. The van der Waals surface area contributed by atoms with Crippen LogP contribution in [0.2, 0.25) is 0 Å². The van der Waals surface area contributed by atoms with Gasteiger partial charge in [0.1, 0.15) is 49.0 Å². The normalized spacial score (nSPS) is 17.1. The minimum absolute atomic E-state index is 0.0478. The number of aryl methyl sites for hydroxylation is 1. The maximum atomic E-state index is 14.6. The summed E-state index contributed by atoms with van der Waals surface area (Å²) >= 11 is 0. The van der Waals surface area contributed by atoms with Gasteiger partial charge in [0.25, 0.3) is 11.8 Å². The molecule has 1 unspecified atom stereocenters. The Bertz CT molecular complexity index is 2480. The molecule has 2 fully saturated rings. The van der Waals surface area contributed by atoms with E-state index < -0.39 is 59.2 Å². The molecular formula is C63H94N7O13+. The Morgan fingerprint density at radius 2 is 1.11 bits per heavy atom. The number of morpholine rings is 1. The van der Waals surface area contributed by atoms with E-state index in [-0.39, 0.29) is 61.8 Å². The number of nitrogens with one attached hydrogen (secondary N) is 6. The fourth-order valence-corrected chi connectivity index (χ4v) is 9.62. The molecule has 0 saturated carbocycles. The Kier molecular flexibility index (Phi) is 28.0. The van der Waals surface area contributed by atoms with E-state index in [1.165, 1.54) is 0 Å². The highest BCUT2D eigenvalue weighted by molar-refractivity contribution is 5.99. The van der Waals surface area contributed by atoms with Crippen LogP contribution in [0, 0.1) is 11.8 Å². The van der Waals surface area contributed by atoms with Gasteiger partial charge in [-0.25, -0.2) is 4.79 Å². The van der Waals surface area contributed by atoms with E-state index >= 15 is 0 Å². The van der Waals surface area contributed by atoms with E-state index in [0.717, 1.165) is 16.7 Å². The maximum Gasteiger partial charge on any atom is 0.407 e. The van der Waals surface area contributed by atoms with Crippen LogP contribution in [-0.2, 0) is 71.8 Å². The summed E-state index contributed by atoms with van der Waals surface area (Å²) in [6.07, 6.45) is 2.31. The third-order valence-corrected chi connectivity index (χ3v) is 14.2. The SMILES string of the molecule is CC(C)C[C@H](NC(=O)C(CCc1ccccc1)NC(=O)C[N+]1(Cc2ccc(C(=O)NCCCOCCOCCOCCCNC(=O)OC(C)(C)C)cc2)CCOCC1)C(=O)N[C@@H](Cc1ccccc1)C(=O)N[C@@H](CC(C)C)C(=O)[C@@]1(C)CO1. The van der Waals surface area contributed by atoms with Crippen molar-refractivity contribution in [2.75, 3.05) is 92.2 Å². The largest absolute Gasteiger partial charge is 0.444 e. The topological polar surface area (TPSA) is 250 Å². The van der Waals surface area contributed by atoms with E-state index in [1.807, 2.05) is 121 Å². The summed E-state index contributed by atoms with van der Waals surface area (Å²) in [5.41, 5.74) is 1.70. The zero-order valence-corrected chi connectivity index (χ0v) is 50.4. The molecule has 0 spiro atoms. The highest BCUT2D eigenvalue weighted by Crippen LogP contribution is 2.30. The number of alkyl carbamates (subject to hydrolysis) is 1. The van der Waals surface area contributed by atoms with Crippen molar-refractivity contribution < 1.29 is 66.5 Å². The Morgan fingerprint density at radius 1 is 0.602 bits per heavy atom. The third kappa shape index (κ3) is 25.6. The van der Waals surface area contributed by atoms with E-state index in [9.17, 15) is 33.6 Å². The number of ether oxygens (including phenoxy) is 6. The first-order valence-electron chi connectivity index (χ1n) is 29.6. The van der Waals surface area contributed by atoms with E-state index in [1.54, 1.807) is 19.1 Å². The zero-order chi connectivity index (χ0) is 60.3. The summed E-state index contributed by atoms with van der Waals surface area (Å²) in [6.45, 7) is 21.3. The summed E-state index contributed by atoms with van der Waals surface area (Å²) in [5, 5.41) is 17.5. The number of Topliss-reactive ketones (excluding diaryl/α,β-unsaturated/α-hetero) is 1. The lowest BCUT2D eigenvalue weighted by Gasteiger charge is -2.41. The number of ketones is 1. The molecule has 3 aromatic rings. The quantitative estimate of drug-likeness (QED) is 0.0241. The first kappa shape index (κ1) is 67.5. The fraction of sp³-hybridized carbons (Fsp3) is 0.603. The average molecular weight is 1160 g/mol. The Morgan fingerprint density at radius 3 is 1.67 bits per heavy atom. The van der Waals surface area contributed by atoms with Crippen LogP contribution < -0.4 is 31.9 Å². The number of carbonyl (C=O) groups is 7. The molecule has 0 aromatic heterocycles. The molecule has 6 amide bonds. The van der Waals surface area contributed by atoms with Crippen LogP contribution in [0.15, 0.2) is 84.9 Å². The van der Waals surface area contributed by atoms with Crippen molar-refractivity contribution in [1.82, 2.24) is 31.9 Å². The summed E-state index contributed by atoms with van der Waals surface area (Å²) in [5.74, 6) is -2.35. The number of hydrogen-bond donors (Lipinski definition) is 6. The lowest BCUT2D eigenvalue weighted by atomic mass is 9.93. The van der Waals surface area contributed by atoms with Crippen molar-refractivity contribution in [3.05, 3.63) is 107 Å². The van der Waals surface area contributed by atoms with Gasteiger partial charge in [-0.2, -0.15) is 0 Å². The minimum Gasteiger partial charge on any atom is -0.444 e. The number of carbonyl (C=O) groups excluding carboxylic acids is 7. The van der Waals surface area contributed by atoms with Crippen LogP contribution >= 0.6 is 0 Å². The Labute approximate surface area is 491 Å². The number of epoxide rings is 1. The second kappa shape index (κ2) is 34.5. The number of quaternary nitrogens is 1. The van der Waals surface area contributed by atoms with Crippen LogP contribution in [0.5, 0.6) is 0 Å². The Hall–Kier alpha value is -6.29. The molecule has 0 aliphatic carbocycles. The molecule has 5 atom stereocenters. The second-order valence-corrected chi connectivity index (χ2v) is 23.8. The first-order valence-corrected chi connectivity index (χ1v) is 29.6. The molecule has 5 rings (SSSR count). The van der Waals surface area contributed by atoms with Crippen LogP contribution in [0.4, 0.5) is 4.79 Å². The molecule has 0 bridgehead atoms. The molecule has 20 nitrogen and oxygen atoms in total. The molecule has 6 N–H and O–H groups in total. The zero-order valence-electron chi connectivity index (χ0n) is 50.4. The average Bonchev–Trinajstić information content (AvgIpc) is 4.31. The molecule has 0 radical (unpaired) electrons. The molecule has 83 heavy (non-hydrogen) atoms. The number of rotatable bonds is 37. The second-order valence-electron chi connectivity index (χ2n) is 23.8. The van der Waals surface area contributed by atoms with Crippen molar-refractivity contribution in [2.45, 2.75) is 142 Å². The molecule has 2 saturated heterocycles. The first-order chi connectivity index (χ1) is 39.6. The molecule has 2 heterocycles. The number of hydrogen-bond acceptors (Lipinski definition) is 13. The van der Waals surface area contributed by atoms with Gasteiger partial charge in [-0.1, -0.05) is 100 Å². The van der Waals surface area contributed by atoms with Gasteiger partial charge in [0.2, 0.25) is 17.7 Å². The summed E-state index contributed by atoms with van der Waals surface area (Å²) in [4.78, 5) is 96.0. The molecule has 2 aliphatic rings. The van der Waals surface area contributed by atoms with Crippen LogP contribution in [0.1, 0.15) is 115 Å². The van der Waals surface area contributed by atoms with Crippen molar-refractivity contribution in [2.24, 2.45) is 11.8 Å². The molecule has 458 valence electrons. The van der Waals surface area contributed by atoms with Gasteiger partial charge in [0.15, 0.2) is 12.3 Å². The molecule has 20 heteroatoms.